The number of hydrogen-bond donors (Lipinski definition) is 1. The molecule has 0 radical (unpaired) electrons. The number of halogens is 2. The summed E-state index contributed by atoms with van der Waals surface area (Å²) in [4.78, 5) is 12.0. The van der Waals surface area contributed by atoms with E-state index in [-0.39, 0.29) is 12.3 Å². The van der Waals surface area contributed by atoms with Crippen LogP contribution in [0, 0.1) is 11.6 Å². The van der Waals surface area contributed by atoms with Crippen molar-refractivity contribution in [2.75, 3.05) is 11.9 Å². The molecule has 1 heterocycles. The van der Waals surface area contributed by atoms with Gasteiger partial charge in [-0.1, -0.05) is 12.1 Å². The van der Waals surface area contributed by atoms with Crippen molar-refractivity contribution < 1.29 is 23.0 Å². The van der Waals surface area contributed by atoms with Gasteiger partial charge in [0.05, 0.1) is 5.69 Å². The first kappa shape index (κ1) is 13.4. The highest BCUT2D eigenvalue weighted by molar-refractivity contribution is 5.94. The van der Waals surface area contributed by atoms with Crippen LogP contribution in [0.2, 0.25) is 0 Å². The molecule has 108 valence electrons. The number of amides is 1. The lowest BCUT2D eigenvalue weighted by molar-refractivity contribution is -0.125. The molecule has 0 spiro atoms. The van der Waals surface area contributed by atoms with Crippen LogP contribution in [0.15, 0.2) is 42.5 Å². The maximum absolute atomic E-state index is 13.5. The first-order chi connectivity index (χ1) is 10.1. The topological polar surface area (TPSA) is 47.6 Å². The number of anilines is 1. The van der Waals surface area contributed by atoms with Crippen LogP contribution in [-0.2, 0) is 4.79 Å². The lowest BCUT2D eigenvalue weighted by Crippen LogP contribution is -2.40. The van der Waals surface area contributed by atoms with Gasteiger partial charge in [-0.3, -0.25) is 4.79 Å². The molecular formula is C15H11F2NO3. The van der Waals surface area contributed by atoms with Gasteiger partial charge in [-0.25, -0.2) is 8.78 Å². The van der Waals surface area contributed by atoms with Gasteiger partial charge in [0.15, 0.2) is 11.5 Å². The zero-order valence-electron chi connectivity index (χ0n) is 10.8. The Balaban J connectivity index is 1.72. The van der Waals surface area contributed by atoms with Crippen molar-refractivity contribution in [1.82, 2.24) is 0 Å². The summed E-state index contributed by atoms with van der Waals surface area (Å²) >= 11 is 0. The normalized spacial score (nSPS) is 16.4. The molecule has 0 saturated heterocycles. The number of fused-ring (bicyclic) bond motifs is 1. The Bertz CT molecular complexity index is 690. The number of hydrogen-bond acceptors (Lipinski definition) is 3. The lowest BCUT2D eigenvalue weighted by Gasteiger charge is -2.25. The minimum atomic E-state index is -0.899. The highest BCUT2D eigenvalue weighted by Gasteiger charge is 2.27. The minimum Gasteiger partial charge on any atom is -0.485 e. The predicted molar refractivity (Wildman–Crippen MR) is 71.3 cm³/mol. The first-order valence-corrected chi connectivity index (χ1v) is 6.28. The van der Waals surface area contributed by atoms with Gasteiger partial charge >= 0.3 is 0 Å². The third-order valence-electron chi connectivity index (χ3n) is 2.99. The van der Waals surface area contributed by atoms with Crippen LogP contribution < -0.4 is 14.8 Å². The number of carbonyl (C=O) groups excluding carboxylic acids is 1. The fraction of sp³-hybridized carbons (Fsp3) is 0.133. The minimum absolute atomic E-state index is 0.0195. The molecule has 2 aromatic rings. The summed E-state index contributed by atoms with van der Waals surface area (Å²) in [6.07, 6.45) is -0.899. The Morgan fingerprint density at radius 3 is 2.67 bits per heavy atom. The summed E-state index contributed by atoms with van der Waals surface area (Å²) in [5.74, 6) is -1.12. The summed E-state index contributed by atoms with van der Waals surface area (Å²) in [5, 5.41) is 2.35. The highest BCUT2D eigenvalue weighted by atomic mass is 19.1. The predicted octanol–water partition coefficient (Wildman–Crippen LogP) is 2.74. The van der Waals surface area contributed by atoms with Gasteiger partial charge < -0.3 is 14.8 Å². The molecule has 0 bridgehead atoms. The monoisotopic (exact) mass is 291 g/mol. The Morgan fingerprint density at radius 1 is 1.14 bits per heavy atom. The van der Waals surface area contributed by atoms with E-state index in [1.54, 1.807) is 24.3 Å². The van der Waals surface area contributed by atoms with Crippen LogP contribution >= 0.6 is 0 Å². The van der Waals surface area contributed by atoms with E-state index in [4.69, 9.17) is 9.47 Å². The van der Waals surface area contributed by atoms with E-state index in [2.05, 4.69) is 5.32 Å². The average Bonchev–Trinajstić information content (AvgIpc) is 2.49. The van der Waals surface area contributed by atoms with Gasteiger partial charge in [0.2, 0.25) is 6.10 Å². The molecule has 4 nitrogen and oxygen atoms in total. The van der Waals surface area contributed by atoms with Crippen molar-refractivity contribution in [3.8, 4) is 11.5 Å². The molecule has 0 unspecified atom stereocenters. The third-order valence-corrected chi connectivity index (χ3v) is 2.99. The molecule has 1 N–H and O–H groups in total. The molecule has 1 aliphatic heterocycles. The van der Waals surface area contributed by atoms with Crippen molar-refractivity contribution in [2.45, 2.75) is 6.10 Å². The van der Waals surface area contributed by atoms with Crippen molar-refractivity contribution in [3.05, 3.63) is 54.1 Å². The molecule has 1 aliphatic rings. The number of carbonyl (C=O) groups is 1. The molecule has 0 aliphatic carbocycles. The van der Waals surface area contributed by atoms with Crippen molar-refractivity contribution in [2.24, 2.45) is 0 Å². The number of ether oxygens (including phenoxy) is 2. The van der Waals surface area contributed by atoms with Gasteiger partial charge in [0.1, 0.15) is 18.2 Å². The number of nitrogens with one attached hydrogen (secondary N) is 1. The molecule has 0 fully saturated rings. The third kappa shape index (κ3) is 2.79. The van der Waals surface area contributed by atoms with Crippen molar-refractivity contribution >= 4 is 11.6 Å². The van der Waals surface area contributed by atoms with Gasteiger partial charge in [0.25, 0.3) is 5.91 Å². The molecule has 1 atom stereocenters. The average molecular weight is 291 g/mol. The van der Waals surface area contributed by atoms with E-state index in [0.29, 0.717) is 17.6 Å². The fourth-order valence-electron chi connectivity index (χ4n) is 1.95. The van der Waals surface area contributed by atoms with Crippen molar-refractivity contribution in [3.63, 3.8) is 0 Å². The standard InChI is InChI=1S/C15H11F2NO3/c16-9-5-6-11(10(17)7-9)18-15(19)14-8-20-12-3-1-2-4-13(12)21-14/h1-7,14H,8H2,(H,18,19)/t14-/m1/s1. The quantitative estimate of drug-likeness (QED) is 0.925. The Kier molecular flexibility index (Phi) is 3.43. The van der Waals surface area contributed by atoms with Gasteiger partial charge in [0, 0.05) is 6.07 Å². The zero-order chi connectivity index (χ0) is 14.8. The van der Waals surface area contributed by atoms with Crippen LogP contribution in [0.25, 0.3) is 0 Å². The molecule has 3 rings (SSSR count). The lowest BCUT2D eigenvalue weighted by atomic mass is 10.2. The second-order valence-corrected chi connectivity index (χ2v) is 4.48. The zero-order valence-corrected chi connectivity index (χ0v) is 10.8. The molecule has 0 saturated carbocycles. The van der Waals surface area contributed by atoms with Crippen LogP contribution in [0.4, 0.5) is 14.5 Å². The van der Waals surface area contributed by atoms with Crippen LogP contribution in [0.1, 0.15) is 0 Å². The van der Waals surface area contributed by atoms with E-state index < -0.39 is 23.6 Å². The maximum Gasteiger partial charge on any atom is 0.269 e. The molecule has 6 heteroatoms. The smallest absolute Gasteiger partial charge is 0.269 e. The summed E-state index contributed by atoms with van der Waals surface area (Å²) in [6, 6.07) is 9.85. The first-order valence-electron chi connectivity index (χ1n) is 6.28. The largest absolute Gasteiger partial charge is 0.485 e. The number of para-hydroxylation sites is 2. The van der Waals surface area contributed by atoms with E-state index in [1.165, 1.54) is 0 Å². The summed E-state index contributed by atoms with van der Waals surface area (Å²) < 4.78 is 37.2. The van der Waals surface area contributed by atoms with Gasteiger partial charge in [-0.05, 0) is 24.3 Å². The molecular weight excluding hydrogens is 280 g/mol. The van der Waals surface area contributed by atoms with Crippen LogP contribution in [0.3, 0.4) is 0 Å². The highest BCUT2D eigenvalue weighted by Crippen LogP contribution is 2.31. The SMILES string of the molecule is O=C(Nc1ccc(F)cc1F)[C@H]1COc2ccccc2O1. The molecule has 1 amide bonds. The van der Waals surface area contributed by atoms with Gasteiger partial charge in [-0.2, -0.15) is 0 Å². The van der Waals surface area contributed by atoms with Crippen LogP contribution in [-0.4, -0.2) is 18.6 Å². The molecule has 0 aromatic heterocycles. The van der Waals surface area contributed by atoms with Crippen LogP contribution in [0.5, 0.6) is 11.5 Å². The second kappa shape index (κ2) is 5.40. The summed E-state index contributed by atoms with van der Waals surface area (Å²) in [5.41, 5.74) is -0.108. The summed E-state index contributed by atoms with van der Waals surface area (Å²) in [6.45, 7) is 0.0195. The maximum atomic E-state index is 13.5. The summed E-state index contributed by atoms with van der Waals surface area (Å²) in [7, 11) is 0. The van der Waals surface area contributed by atoms with Crippen molar-refractivity contribution in [1.29, 1.82) is 0 Å². The molecule has 21 heavy (non-hydrogen) atoms. The molecule has 2 aromatic carbocycles. The van der Waals surface area contributed by atoms with E-state index in [1.807, 2.05) is 0 Å². The Morgan fingerprint density at radius 2 is 1.90 bits per heavy atom. The second-order valence-electron chi connectivity index (χ2n) is 4.48. The van der Waals surface area contributed by atoms with Gasteiger partial charge in [-0.15, -0.1) is 0 Å². The fourth-order valence-corrected chi connectivity index (χ4v) is 1.95. The van der Waals surface area contributed by atoms with E-state index in [9.17, 15) is 13.6 Å². The number of benzene rings is 2. The van der Waals surface area contributed by atoms with E-state index in [0.717, 1.165) is 12.1 Å². The Labute approximate surface area is 119 Å². The van der Waals surface area contributed by atoms with E-state index >= 15 is 0 Å². The number of rotatable bonds is 2. The Hall–Kier alpha value is -2.63.